The Morgan fingerprint density at radius 2 is 1.89 bits per heavy atom. The van der Waals surface area contributed by atoms with Gasteiger partial charge in [-0.05, 0) is 26.2 Å². The van der Waals surface area contributed by atoms with Crippen molar-refractivity contribution in [1.29, 1.82) is 0 Å². The summed E-state index contributed by atoms with van der Waals surface area (Å²) in [7, 11) is 4.03. The van der Waals surface area contributed by atoms with Gasteiger partial charge in [0, 0.05) is 31.4 Å². The molecule has 1 fully saturated rings. The summed E-state index contributed by atoms with van der Waals surface area (Å²) in [6, 6.07) is 5.92. The molecular formula is C18H26N4O5S. The van der Waals surface area contributed by atoms with Gasteiger partial charge in [-0.3, -0.25) is 14.8 Å². The minimum atomic E-state index is -1.26. The van der Waals surface area contributed by atoms with E-state index in [4.69, 9.17) is 27.2 Å². The van der Waals surface area contributed by atoms with E-state index in [0.717, 1.165) is 43.7 Å². The number of carboxylic acid groups (broad SMARTS) is 2. The molecule has 0 aliphatic carbocycles. The molecule has 1 aliphatic rings. The number of ether oxygens (including phenoxy) is 1. The third kappa shape index (κ3) is 9.51. The van der Waals surface area contributed by atoms with E-state index in [1.54, 1.807) is 6.20 Å². The van der Waals surface area contributed by atoms with Gasteiger partial charge in [-0.2, -0.15) is 0 Å². The third-order valence-corrected chi connectivity index (χ3v) is 4.05. The number of carbonyl (C=O) groups is 2. The van der Waals surface area contributed by atoms with E-state index < -0.39 is 11.9 Å². The Hall–Kier alpha value is -2.40. The van der Waals surface area contributed by atoms with Gasteiger partial charge in [0.25, 0.3) is 0 Å². The van der Waals surface area contributed by atoms with E-state index in [-0.39, 0.29) is 6.04 Å². The molecule has 1 unspecified atom stereocenters. The van der Waals surface area contributed by atoms with E-state index in [0.29, 0.717) is 12.2 Å². The Labute approximate surface area is 169 Å². The van der Waals surface area contributed by atoms with Crippen molar-refractivity contribution in [3.63, 3.8) is 0 Å². The van der Waals surface area contributed by atoms with Crippen LogP contribution < -0.4 is 5.32 Å². The molecule has 1 aliphatic heterocycles. The molecule has 0 saturated carbocycles. The van der Waals surface area contributed by atoms with Gasteiger partial charge in [0.15, 0.2) is 0 Å². The number of nitrogens with zero attached hydrogens (tertiary/aromatic N) is 3. The molecule has 28 heavy (non-hydrogen) atoms. The number of rotatable bonds is 7. The van der Waals surface area contributed by atoms with Crippen LogP contribution in [0.4, 0.5) is 0 Å². The number of likely N-dealkylation sites (N-methyl/N-ethyl adjacent to an activating group) is 1. The zero-order chi connectivity index (χ0) is 20.9. The molecule has 2 rings (SSSR count). The van der Waals surface area contributed by atoms with E-state index in [1.807, 2.05) is 32.3 Å². The van der Waals surface area contributed by atoms with Gasteiger partial charge in [-0.25, -0.2) is 9.59 Å². The van der Waals surface area contributed by atoms with Crippen molar-refractivity contribution in [2.75, 3.05) is 47.1 Å². The van der Waals surface area contributed by atoms with Crippen molar-refractivity contribution in [3.05, 3.63) is 42.2 Å². The number of nitrogens with one attached hydrogen (secondary N) is 1. The Kier molecular flexibility index (Phi) is 10.9. The van der Waals surface area contributed by atoms with Gasteiger partial charge < -0.3 is 20.3 Å². The molecule has 0 spiro atoms. The lowest BCUT2D eigenvalue weighted by Crippen LogP contribution is -2.46. The van der Waals surface area contributed by atoms with Crippen molar-refractivity contribution < 1.29 is 24.5 Å². The summed E-state index contributed by atoms with van der Waals surface area (Å²) in [5.74, 6) is -2.51. The van der Waals surface area contributed by atoms with Crippen molar-refractivity contribution in [1.82, 2.24) is 20.1 Å². The number of hydrogen-bond acceptors (Lipinski definition) is 7. The Bertz CT molecular complexity index is 647. The maximum atomic E-state index is 9.55. The number of aliphatic carboxylic acids is 2. The van der Waals surface area contributed by atoms with Crippen LogP contribution in [-0.2, 0) is 14.3 Å². The number of morpholine rings is 1. The summed E-state index contributed by atoms with van der Waals surface area (Å²) in [5.41, 5.74) is 0.969. The third-order valence-electron chi connectivity index (χ3n) is 3.68. The molecule has 1 aromatic heterocycles. The highest BCUT2D eigenvalue weighted by molar-refractivity contribution is 7.80. The lowest BCUT2D eigenvalue weighted by Gasteiger charge is -2.30. The largest absolute Gasteiger partial charge is 0.478 e. The van der Waals surface area contributed by atoms with Crippen LogP contribution in [0.5, 0.6) is 0 Å². The highest BCUT2D eigenvalue weighted by atomic mass is 32.1. The van der Waals surface area contributed by atoms with Crippen LogP contribution in [0.25, 0.3) is 0 Å². The topological polar surface area (TPSA) is 115 Å². The normalized spacial score (nSPS) is 15.5. The number of aromatic nitrogens is 1. The minimum Gasteiger partial charge on any atom is -0.478 e. The fourth-order valence-corrected chi connectivity index (χ4v) is 2.76. The molecule has 1 saturated heterocycles. The number of hydrogen-bond donors (Lipinski definition) is 3. The molecule has 1 aromatic rings. The fraction of sp³-hybridized carbons (Fsp3) is 0.444. The summed E-state index contributed by atoms with van der Waals surface area (Å²) < 4.78 is 5.34. The predicted molar refractivity (Wildman–Crippen MR) is 108 cm³/mol. The van der Waals surface area contributed by atoms with Crippen LogP contribution >= 0.6 is 12.2 Å². The first-order valence-corrected chi connectivity index (χ1v) is 9.01. The molecule has 9 nitrogen and oxygen atoms in total. The van der Waals surface area contributed by atoms with E-state index in [9.17, 15) is 9.59 Å². The Morgan fingerprint density at radius 3 is 2.36 bits per heavy atom. The number of pyridine rings is 1. The average Bonchev–Trinajstić information content (AvgIpc) is 2.67. The first kappa shape index (κ1) is 23.6. The first-order chi connectivity index (χ1) is 13.3. The second kappa shape index (κ2) is 12.9. The highest BCUT2D eigenvalue weighted by Crippen LogP contribution is 2.16. The van der Waals surface area contributed by atoms with E-state index >= 15 is 0 Å². The summed E-state index contributed by atoms with van der Waals surface area (Å²) in [6.45, 7) is 4.26. The van der Waals surface area contributed by atoms with Gasteiger partial charge in [-0.1, -0.05) is 18.3 Å². The second-order valence-corrected chi connectivity index (χ2v) is 6.50. The maximum absolute atomic E-state index is 9.55. The molecule has 1 atom stereocenters. The van der Waals surface area contributed by atoms with Crippen molar-refractivity contribution in [3.8, 4) is 0 Å². The SMILES string of the molecule is CN(C)C(C(=S)NCN1CCOCC1)c1ccccn1.O=C(O)/C=C\C(=O)O. The molecule has 0 amide bonds. The van der Waals surface area contributed by atoms with Gasteiger partial charge in [0.1, 0.15) is 6.04 Å². The lowest BCUT2D eigenvalue weighted by atomic mass is 10.1. The van der Waals surface area contributed by atoms with Crippen LogP contribution in [-0.4, -0.2) is 89.0 Å². The van der Waals surface area contributed by atoms with Crippen LogP contribution in [0.2, 0.25) is 0 Å². The molecule has 3 N–H and O–H groups in total. The second-order valence-electron chi connectivity index (χ2n) is 6.06. The van der Waals surface area contributed by atoms with E-state index in [2.05, 4.69) is 20.1 Å². The Balaban J connectivity index is 0.000000416. The van der Waals surface area contributed by atoms with Crippen LogP contribution in [0, 0.1) is 0 Å². The predicted octanol–water partition coefficient (Wildman–Crippen LogP) is 0.603. The monoisotopic (exact) mass is 410 g/mol. The average molecular weight is 410 g/mol. The zero-order valence-corrected chi connectivity index (χ0v) is 16.8. The smallest absolute Gasteiger partial charge is 0.328 e. The Morgan fingerprint density at radius 1 is 1.29 bits per heavy atom. The molecule has 10 heteroatoms. The van der Waals surface area contributed by atoms with Gasteiger partial charge in [-0.15, -0.1) is 0 Å². The number of carboxylic acids is 2. The van der Waals surface area contributed by atoms with Crippen LogP contribution in [0.15, 0.2) is 36.5 Å². The van der Waals surface area contributed by atoms with Crippen LogP contribution in [0.1, 0.15) is 11.7 Å². The molecule has 2 heterocycles. The molecule has 0 aromatic carbocycles. The van der Waals surface area contributed by atoms with Gasteiger partial charge in [0.2, 0.25) is 0 Å². The minimum absolute atomic E-state index is 0.00670. The quantitative estimate of drug-likeness (QED) is 0.436. The highest BCUT2D eigenvalue weighted by Gasteiger charge is 2.21. The maximum Gasteiger partial charge on any atom is 0.328 e. The van der Waals surface area contributed by atoms with Crippen molar-refractivity contribution in [2.45, 2.75) is 6.04 Å². The van der Waals surface area contributed by atoms with Crippen molar-refractivity contribution >= 4 is 29.1 Å². The van der Waals surface area contributed by atoms with Crippen LogP contribution in [0.3, 0.4) is 0 Å². The fourth-order valence-electron chi connectivity index (χ4n) is 2.36. The molecule has 0 bridgehead atoms. The number of thiocarbonyl (C=S) groups is 1. The summed E-state index contributed by atoms with van der Waals surface area (Å²) in [4.78, 5) is 28.7. The van der Waals surface area contributed by atoms with Crippen molar-refractivity contribution in [2.24, 2.45) is 0 Å². The summed E-state index contributed by atoms with van der Waals surface area (Å²) in [5, 5.41) is 19.0. The summed E-state index contributed by atoms with van der Waals surface area (Å²) >= 11 is 5.55. The molecule has 0 radical (unpaired) electrons. The zero-order valence-electron chi connectivity index (χ0n) is 15.9. The first-order valence-electron chi connectivity index (χ1n) is 8.60. The lowest BCUT2D eigenvalue weighted by molar-refractivity contribution is -0.134. The van der Waals surface area contributed by atoms with Gasteiger partial charge in [0.05, 0.1) is 30.6 Å². The summed E-state index contributed by atoms with van der Waals surface area (Å²) in [6.07, 6.45) is 2.92. The van der Waals surface area contributed by atoms with Gasteiger partial charge >= 0.3 is 11.9 Å². The van der Waals surface area contributed by atoms with E-state index in [1.165, 1.54) is 0 Å². The molecular weight excluding hydrogens is 384 g/mol. The molecule has 154 valence electrons. The standard InChI is InChI=1S/C14H22N4OS.C4H4O4/c1-17(2)13(12-5-3-4-6-15-12)14(20)16-11-18-7-9-19-10-8-18;5-3(6)1-2-4(7)8/h3-6,13H,7-11H2,1-2H3,(H,16,20);1-2H,(H,5,6)(H,7,8)/b;2-1-.